The van der Waals surface area contributed by atoms with E-state index in [9.17, 15) is 9.59 Å². The van der Waals surface area contributed by atoms with Crippen molar-refractivity contribution >= 4 is 40.9 Å². The molecule has 2 amide bonds. The van der Waals surface area contributed by atoms with E-state index in [1.54, 1.807) is 0 Å². The minimum atomic E-state index is -0.134. The van der Waals surface area contributed by atoms with Crippen molar-refractivity contribution in [2.45, 2.75) is 39.7 Å². The van der Waals surface area contributed by atoms with Gasteiger partial charge in [-0.15, -0.1) is 0 Å². The lowest BCUT2D eigenvalue weighted by Crippen LogP contribution is -2.28. The lowest BCUT2D eigenvalue weighted by Gasteiger charge is -2.15. The van der Waals surface area contributed by atoms with Gasteiger partial charge in [0.15, 0.2) is 0 Å². The molecule has 1 atom stereocenters. The molecule has 0 aliphatic carbocycles. The minimum absolute atomic E-state index is 0.00907. The Hall–Kier alpha value is -1.98. The highest BCUT2D eigenvalue weighted by Gasteiger charge is 2.12. The van der Waals surface area contributed by atoms with Crippen LogP contribution < -0.4 is 10.6 Å². The maximum Gasteiger partial charge on any atom is 0.230 e. The first-order valence-corrected chi connectivity index (χ1v) is 10.9. The number of carbonyl (C=O) groups excluding carboxylic acids is 2. The molecule has 2 aromatic rings. The number of nitrogens with one attached hydrogen (secondary N) is 2. The summed E-state index contributed by atoms with van der Waals surface area (Å²) in [4.78, 5) is 24.2. The molecule has 2 rings (SSSR count). The number of anilines is 1. The summed E-state index contributed by atoms with van der Waals surface area (Å²) in [6, 6.07) is 13.3. The van der Waals surface area contributed by atoms with Gasteiger partial charge in [0.1, 0.15) is 0 Å². The second kappa shape index (κ2) is 11.1. The highest BCUT2D eigenvalue weighted by atomic mass is 35.5. The number of benzene rings is 2. The molecule has 2 N–H and O–H groups in total. The zero-order valence-electron chi connectivity index (χ0n) is 16.5. The Morgan fingerprint density at radius 2 is 1.71 bits per heavy atom. The zero-order chi connectivity index (χ0) is 20.5. The van der Waals surface area contributed by atoms with Crippen molar-refractivity contribution in [1.82, 2.24) is 5.32 Å². The Kier molecular flexibility index (Phi) is 8.87. The molecular weight excluding hydrogens is 392 g/mol. The molecule has 6 heteroatoms. The van der Waals surface area contributed by atoms with Crippen LogP contribution in [0.15, 0.2) is 42.5 Å². The van der Waals surface area contributed by atoms with Gasteiger partial charge in [0.05, 0.1) is 11.8 Å². The molecule has 0 fully saturated rings. The summed E-state index contributed by atoms with van der Waals surface area (Å²) in [6.07, 6.45) is 1.17. The van der Waals surface area contributed by atoms with Gasteiger partial charge in [0.2, 0.25) is 11.8 Å². The third-order valence-corrected chi connectivity index (χ3v) is 5.81. The molecule has 0 heterocycles. The van der Waals surface area contributed by atoms with Gasteiger partial charge in [-0.2, -0.15) is 11.8 Å². The van der Waals surface area contributed by atoms with Crippen LogP contribution in [0.25, 0.3) is 0 Å². The lowest BCUT2D eigenvalue weighted by atomic mass is 10.1. The van der Waals surface area contributed by atoms with Crippen molar-refractivity contribution in [3.05, 3.63) is 64.2 Å². The van der Waals surface area contributed by atoms with E-state index in [1.165, 1.54) is 11.8 Å². The SMILES string of the molecule is Cc1cccc(C)c1NC(=O)CCCSCC(=O)NC(C)c1ccccc1Cl. The van der Waals surface area contributed by atoms with Crippen LogP contribution in [0.1, 0.15) is 42.5 Å². The van der Waals surface area contributed by atoms with Crippen molar-refractivity contribution < 1.29 is 9.59 Å². The summed E-state index contributed by atoms with van der Waals surface area (Å²) in [6.45, 7) is 5.89. The van der Waals surface area contributed by atoms with Crippen LogP contribution in [0.2, 0.25) is 5.02 Å². The second-order valence-electron chi connectivity index (χ2n) is 6.78. The van der Waals surface area contributed by atoms with E-state index in [2.05, 4.69) is 10.6 Å². The average Bonchev–Trinajstić information content (AvgIpc) is 2.65. The van der Waals surface area contributed by atoms with Crippen LogP contribution >= 0.6 is 23.4 Å². The first-order valence-electron chi connectivity index (χ1n) is 9.36. The van der Waals surface area contributed by atoms with E-state index in [1.807, 2.05) is 63.2 Å². The fourth-order valence-corrected chi connectivity index (χ4v) is 3.96. The van der Waals surface area contributed by atoms with Gasteiger partial charge in [-0.05, 0) is 55.7 Å². The fraction of sp³-hybridized carbons (Fsp3) is 0.364. The van der Waals surface area contributed by atoms with E-state index in [-0.39, 0.29) is 17.9 Å². The monoisotopic (exact) mass is 418 g/mol. The van der Waals surface area contributed by atoms with Gasteiger partial charge in [-0.3, -0.25) is 9.59 Å². The van der Waals surface area contributed by atoms with E-state index < -0.39 is 0 Å². The number of carbonyl (C=O) groups is 2. The maximum atomic E-state index is 12.1. The Morgan fingerprint density at radius 1 is 1.04 bits per heavy atom. The van der Waals surface area contributed by atoms with Crippen LogP contribution in [-0.2, 0) is 9.59 Å². The van der Waals surface area contributed by atoms with Crippen molar-refractivity contribution in [2.75, 3.05) is 16.8 Å². The van der Waals surface area contributed by atoms with Crippen molar-refractivity contribution in [3.8, 4) is 0 Å². The molecule has 0 bridgehead atoms. The molecule has 0 aromatic heterocycles. The van der Waals surface area contributed by atoms with Gasteiger partial charge < -0.3 is 10.6 Å². The molecule has 0 spiro atoms. The lowest BCUT2D eigenvalue weighted by molar-refractivity contribution is -0.119. The van der Waals surface area contributed by atoms with E-state index in [4.69, 9.17) is 11.6 Å². The van der Waals surface area contributed by atoms with Gasteiger partial charge in [0, 0.05) is 17.1 Å². The molecule has 0 aliphatic heterocycles. The summed E-state index contributed by atoms with van der Waals surface area (Å²) in [7, 11) is 0. The molecule has 1 unspecified atom stereocenters. The third kappa shape index (κ3) is 6.88. The zero-order valence-corrected chi connectivity index (χ0v) is 18.1. The maximum absolute atomic E-state index is 12.1. The number of para-hydroxylation sites is 1. The quantitative estimate of drug-likeness (QED) is 0.544. The van der Waals surface area contributed by atoms with Crippen molar-refractivity contribution in [3.63, 3.8) is 0 Å². The highest BCUT2D eigenvalue weighted by molar-refractivity contribution is 7.99. The number of hydrogen-bond acceptors (Lipinski definition) is 3. The molecule has 0 radical (unpaired) electrons. The summed E-state index contributed by atoms with van der Waals surface area (Å²) >= 11 is 7.69. The number of halogens is 1. The molecule has 28 heavy (non-hydrogen) atoms. The van der Waals surface area contributed by atoms with Gasteiger partial charge >= 0.3 is 0 Å². The van der Waals surface area contributed by atoms with Crippen LogP contribution in [0, 0.1) is 13.8 Å². The summed E-state index contributed by atoms with van der Waals surface area (Å²) in [5.41, 5.74) is 3.93. The molecule has 150 valence electrons. The third-order valence-electron chi connectivity index (χ3n) is 4.42. The van der Waals surface area contributed by atoms with E-state index in [0.717, 1.165) is 34.6 Å². The fourth-order valence-electron chi connectivity index (χ4n) is 2.90. The predicted octanol–water partition coefficient (Wildman–Crippen LogP) is 5.29. The highest BCUT2D eigenvalue weighted by Crippen LogP contribution is 2.22. The van der Waals surface area contributed by atoms with Crippen molar-refractivity contribution in [1.29, 1.82) is 0 Å². The summed E-state index contributed by atoms with van der Waals surface area (Å²) < 4.78 is 0. The molecule has 0 saturated carbocycles. The number of thioether (sulfide) groups is 1. The molecule has 2 aromatic carbocycles. The molecule has 0 aliphatic rings. The molecule has 0 saturated heterocycles. The average molecular weight is 419 g/mol. The Balaban J connectivity index is 1.65. The summed E-state index contributed by atoms with van der Waals surface area (Å²) in [5, 5.41) is 6.60. The van der Waals surface area contributed by atoms with Gasteiger partial charge in [-0.1, -0.05) is 48.0 Å². The number of aryl methyl sites for hydroxylation is 2. The topological polar surface area (TPSA) is 58.2 Å². The Bertz CT molecular complexity index is 806. The van der Waals surface area contributed by atoms with Crippen LogP contribution in [-0.4, -0.2) is 23.3 Å². The predicted molar refractivity (Wildman–Crippen MR) is 119 cm³/mol. The van der Waals surface area contributed by atoms with E-state index in [0.29, 0.717) is 17.2 Å². The Labute approximate surface area is 176 Å². The van der Waals surface area contributed by atoms with Crippen molar-refractivity contribution in [2.24, 2.45) is 0 Å². The largest absolute Gasteiger partial charge is 0.349 e. The smallest absolute Gasteiger partial charge is 0.230 e. The number of hydrogen-bond donors (Lipinski definition) is 2. The number of amides is 2. The number of rotatable bonds is 9. The minimum Gasteiger partial charge on any atom is -0.349 e. The van der Waals surface area contributed by atoms with Crippen LogP contribution in [0.4, 0.5) is 5.69 Å². The second-order valence-corrected chi connectivity index (χ2v) is 8.29. The normalized spacial score (nSPS) is 11.7. The van der Waals surface area contributed by atoms with Crippen LogP contribution in [0.5, 0.6) is 0 Å². The first-order chi connectivity index (χ1) is 13.4. The van der Waals surface area contributed by atoms with E-state index >= 15 is 0 Å². The molecule has 4 nitrogen and oxygen atoms in total. The molecular formula is C22H27ClN2O2S. The van der Waals surface area contributed by atoms with Crippen LogP contribution in [0.3, 0.4) is 0 Å². The Morgan fingerprint density at radius 3 is 2.39 bits per heavy atom. The standard InChI is InChI=1S/C22H27ClN2O2S/c1-15-8-6-9-16(2)22(15)25-20(26)12-7-13-28-14-21(27)24-17(3)18-10-4-5-11-19(18)23/h4-6,8-11,17H,7,12-14H2,1-3H3,(H,24,27)(H,25,26). The summed E-state index contributed by atoms with van der Waals surface area (Å²) in [5.74, 6) is 1.11. The van der Waals surface area contributed by atoms with Gasteiger partial charge in [0.25, 0.3) is 0 Å². The van der Waals surface area contributed by atoms with Gasteiger partial charge in [-0.25, -0.2) is 0 Å². The first kappa shape index (κ1) is 22.3.